The zero-order chi connectivity index (χ0) is 19.1. The molecule has 1 heterocycles. The molecule has 0 saturated carbocycles. The SMILES string of the molecule is C=C(C)/C=C(/O)c1c(C)c2c(n(-c3ccccc3)c1=O)-c1ccccc1C2. The molecule has 0 fully saturated rings. The predicted molar refractivity (Wildman–Crippen MR) is 110 cm³/mol. The van der Waals surface area contributed by atoms with E-state index in [4.69, 9.17) is 0 Å². The third-order valence-electron chi connectivity index (χ3n) is 5.05. The van der Waals surface area contributed by atoms with Crippen LogP contribution in [0.15, 0.2) is 77.6 Å². The van der Waals surface area contributed by atoms with Gasteiger partial charge in [0.05, 0.1) is 11.3 Å². The number of rotatable bonds is 3. The molecule has 0 radical (unpaired) electrons. The van der Waals surface area contributed by atoms with Crippen molar-refractivity contribution in [2.75, 3.05) is 0 Å². The summed E-state index contributed by atoms with van der Waals surface area (Å²) >= 11 is 0. The predicted octanol–water partition coefficient (Wildman–Crippen LogP) is 5.19. The van der Waals surface area contributed by atoms with Crippen LogP contribution < -0.4 is 5.56 Å². The van der Waals surface area contributed by atoms with Crippen LogP contribution in [0.25, 0.3) is 22.7 Å². The molecule has 0 saturated heterocycles. The first-order valence-corrected chi connectivity index (χ1v) is 8.97. The molecule has 2 aromatic carbocycles. The number of nitrogens with zero attached hydrogens (tertiary/aromatic N) is 1. The van der Waals surface area contributed by atoms with Crippen molar-refractivity contribution in [1.29, 1.82) is 0 Å². The van der Waals surface area contributed by atoms with Gasteiger partial charge < -0.3 is 5.11 Å². The van der Waals surface area contributed by atoms with Crippen LogP contribution in [0.1, 0.15) is 29.2 Å². The van der Waals surface area contributed by atoms with Crippen molar-refractivity contribution in [3.8, 4) is 16.9 Å². The normalized spacial score (nSPS) is 12.6. The van der Waals surface area contributed by atoms with Gasteiger partial charge in [0, 0.05) is 17.7 Å². The number of aliphatic hydroxyl groups is 1. The van der Waals surface area contributed by atoms with Gasteiger partial charge in [0.15, 0.2) is 0 Å². The average molecular weight is 355 g/mol. The lowest BCUT2D eigenvalue weighted by molar-refractivity contribution is 0.509. The average Bonchev–Trinajstić information content (AvgIpc) is 3.02. The van der Waals surface area contributed by atoms with E-state index < -0.39 is 0 Å². The molecule has 0 amide bonds. The first-order valence-electron chi connectivity index (χ1n) is 8.97. The van der Waals surface area contributed by atoms with Crippen molar-refractivity contribution in [3.63, 3.8) is 0 Å². The highest BCUT2D eigenvalue weighted by atomic mass is 16.3. The fraction of sp³-hybridized carbons (Fsp3) is 0.125. The summed E-state index contributed by atoms with van der Waals surface area (Å²) in [5, 5.41) is 10.7. The monoisotopic (exact) mass is 355 g/mol. The van der Waals surface area contributed by atoms with Crippen LogP contribution in [0.4, 0.5) is 0 Å². The molecule has 27 heavy (non-hydrogen) atoms. The molecule has 1 aliphatic rings. The maximum atomic E-state index is 13.5. The summed E-state index contributed by atoms with van der Waals surface area (Å²) in [5.74, 6) is -0.0339. The Kier molecular flexibility index (Phi) is 4.08. The second-order valence-electron chi connectivity index (χ2n) is 7.01. The van der Waals surface area contributed by atoms with Gasteiger partial charge in [-0.05, 0) is 48.7 Å². The van der Waals surface area contributed by atoms with Gasteiger partial charge in [-0.3, -0.25) is 9.36 Å². The van der Waals surface area contributed by atoms with Gasteiger partial charge in [0.1, 0.15) is 5.76 Å². The van der Waals surface area contributed by atoms with Crippen molar-refractivity contribution in [3.05, 3.63) is 105 Å². The Morgan fingerprint density at radius 2 is 1.78 bits per heavy atom. The molecule has 3 aromatic rings. The molecule has 1 aliphatic carbocycles. The van der Waals surface area contributed by atoms with Gasteiger partial charge in [-0.25, -0.2) is 0 Å². The lowest BCUT2D eigenvalue weighted by Gasteiger charge is -2.18. The van der Waals surface area contributed by atoms with Gasteiger partial charge >= 0.3 is 0 Å². The molecule has 3 nitrogen and oxygen atoms in total. The lowest BCUT2D eigenvalue weighted by atomic mass is 9.99. The van der Waals surface area contributed by atoms with Crippen molar-refractivity contribution in [2.24, 2.45) is 0 Å². The molecule has 0 atom stereocenters. The minimum atomic E-state index is -0.218. The summed E-state index contributed by atoms with van der Waals surface area (Å²) in [5.41, 5.74) is 6.71. The fourth-order valence-electron chi connectivity index (χ4n) is 3.86. The first kappa shape index (κ1) is 17.1. The Morgan fingerprint density at radius 1 is 1.11 bits per heavy atom. The van der Waals surface area contributed by atoms with Crippen molar-refractivity contribution < 1.29 is 5.11 Å². The standard InChI is InChI=1S/C24H21NO2/c1-15(2)13-21(26)22-16(3)20-14-17-9-7-8-12-19(17)23(20)25(24(22)27)18-10-5-4-6-11-18/h4-13,26H,1,14H2,2-3H3/b21-13+. The van der Waals surface area contributed by atoms with E-state index in [0.29, 0.717) is 11.1 Å². The third kappa shape index (κ3) is 2.72. The molecular weight excluding hydrogens is 334 g/mol. The van der Waals surface area contributed by atoms with E-state index in [-0.39, 0.29) is 11.3 Å². The van der Waals surface area contributed by atoms with Crippen LogP contribution in [0.5, 0.6) is 0 Å². The Morgan fingerprint density at radius 3 is 2.48 bits per heavy atom. The molecule has 0 unspecified atom stereocenters. The van der Waals surface area contributed by atoms with Crippen LogP contribution in [0.3, 0.4) is 0 Å². The second kappa shape index (κ2) is 6.44. The van der Waals surface area contributed by atoms with Crippen molar-refractivity contribution in [1.82, 2.24) is 4.57 Å². The quantitative estimate of drug-likeness (QED) is 0.406. The molecule has 0 bridgehead atoms. The van der Waals surface area contributed by atoms with Gasteiger partial charge in [0.2, 0.25) is 0 Å². The molecule has 1 N–H and O–H groups in total. The number of aromatic nitrogens is 1. The lowest BCUT2D eigenvalue weighted by Crippen LogP contribution is -2.26. The second-order valence-corrected chi connectivity index (χ2v) is 7.01. The maximum absolute atomic E-state index is 13.5. The Balaban J connectivity index is 2.13. The third-order valence-corrected chi connectivity index (χ3v) is 5.05. The van der Waals surface area contributed by atoms with E-state index in [1.165, 1.54) is 5.56 Å². The molecule has 3 heteroatoms. The summed E-state index contributed by atoms with van der Waals surface area (Å²) in [6.45, 7) is 7.53. The number of para-hydroxylation sites is 1. The summed E-state index contributed by atoms with van der Waals surface area (Å²) in [6.07, 6.45) is 2.30. The minimum absolute atomic E-state index is 0.0339. The molecule has 4 rings (SSSR count). The van der Waals surface area contributed by atoms with Crippen LogP contribution in [-0.2, 0) is 6.42 Å². The highest BCUT2D eigenvalue weighted by Gasteiger charge is 2.28. The van der Waals surface area contributed by atoms with E-state index in [0.717, 1.165) is 34.5 Å². The van der Waals surface area contributed by atoms with Crippen LogP contribution >= 0.6 is 0 Å². The molecule has 0 spiro atoms. The van der Waals surface area contributed by atoms with Crippen molar-refractivity contribution >= 4 is 5.76 Å². The van der Waals surface area contributed by atoms with Crippen LogP contribution in [-0.4, -0.2) is 9.67 Å². The molecular formula is C24H21NO2. The largest absolute Gasteiger partial charge is 0.507 e. The fourth-order valence-corrected chi connectivity index (χ4v) is 3.86. The zero-order valence-electron chi connectivity index (χ0n) is 15.5. The van der Waals surface area contributed by atoms with Gasteiger partial charge in [0.25, 0.3) is 5.56 Å². The number of aliphatic hydroxyl groups excluding tert-OH is 1. The molecule has 1 aromatic heterocycles. The number of benzene rings is 2. The van der Waals surface area contributed by atoms with Crippen LogP contribution in [0.2, 0.25) is 0 Å². The first-order chi connectivity index (χ1) is 13.0. The number of hydrogen-bond donors (Lipinski definition) is 1. The minimum Gasteiger partial charge on any atom is -0.507 e. The van der Waals surface area contributed by atoms with E-state index in [9.17, 15) is 9.90 Å². The Bertz CT molecular complexity index is 1150. The van der Waals surface area contributed by atoms with Gasteiger partial charge in [-0.1, -0.05) is 54.6 Å². The summed E-state index contributed by atoms with van der Waals surface area (Å²) in [6, 6.07) is 17.8. The highest BCUT2D eigenvalue weighted by Crippen LogP contribution is 2.39. The van der Waals surface area contributed by atoms with E-state index in [2.05, 4.69) is 18.7 Å². The summed E-state index contributed by atoms with van der Waals surface area (Å²) < 4.78 is 1.73. The number of allylic oxidation sites excluding steroid dienone is 2. The zero-order valence-corrected chi connectivity index (χ0v) is 15.5. The molecule has 0 aliphatic heterocycles. The Hall–Kier alpha value is -3.33. The topological polar surface area (TPSA) is 42.2 Å². The maximum Gasteiger partial charge on any atom is 0.266 e. The summed E-state index contributed by atoms with van der Waals surface area (Å²) in [4.78, 5) is 13.5. The van der Waals surface area contributed by atoms with E-state index in [1.807, 2.05) is 49.4 Å². The van der Waals surface area contributed by atoms with Crippen LogP contribution in [0, 0.1) is 6.92 Å². The van der Waals surface area contributed by atoms with Gasteiger partial charge in [-0.2, -0.15) is 0 Å². The van der Waals surface area contributed by atoms with Crippen molar-refractivity contribution in [2.45, 2.75) is 20.3 Å². The Labute approximate surface area is 158 Å². The molecule has 134 valence electrons. The number of hydrogen-bond acceptors (Lipinski definition) is 2. The van der Waals surface area contributed by atoms with E-state index in [1.54, 1.807) is 17.6 Å². The van der Waals surface area contributed by atoms with Gasteiger partial charge in [-0.15, -0.1) is 0 Å². The van der Waals surface area contributed by atoms with E-state index >= 15 is 0 Å². The number of pyridine rings is 1. The number of fused-ring (bicyclic) bond motifs is 3. The smallest absolute Gasteiger partial charge is 0.266 e. The summed E-state index contributed by atoms with van der Waals surface area (Å²) in [7, 11) is 0. The highest BCUT2D eigenvalue weighted by molar-refractivity contribution is 5.79.